The van der Waals surface area contributed by atoms with Gasteiger partial charge in [-0.3, -0.25) is 0 Å². The highest BCUT2D eigenvalue weighted by molar-refractivity contribution is 5.07. The van der Waals surface area contributed by atoms with Gasteiger partial charge >= 0.3 is 0 Å². The van der Waals surface area contributed by atoms with E-state index in [2.05, 4.69) is 19.1 Å². The van der Waals surface area contributed by atoms with Crippen LogP contribution >= 0.6 is 0 Å². The Hall–Kier alpha value is -0.760. The Morgan fingerprint density at radius 3 is 2.12 bits per heavy atom. The number of aryl methyl sites for hydroxylation is 2. The van der Waals surface area contributed by atoms with Crippen LogP contribution in [0.2, 0.25) is 0 Å². The molecule has 1 aromatic rings. The molecule has 1 rings (SSSR count). The molecule has 16 heavy (non-hydrogen) atoms. The topological polar surface area (TPSA) is 33.4 Å². The highest BCUT2D eigenvalue weighted by Crippen LogP contribution is 2.14. The Balaban J connectivity index is 2.17. The molecule has 0 saturated heterocycles. The van der Waals surface area contributed by atoms with Gasteiger partial charge in [0, 0.05) is 19.4 Å². The van der Waals surface area contributed by atoms with Gasteiger partial charge in [0.15, 0.2) is 0 Å². The minimum Gasteiger partial charge on any atom is -0.466 e. The molecule has 2 heteroatoms. The van der Waals surface area contributed by atoms with Crippen molar-refractivity contribution in [1.29, 1.82) is 0 Å². The van der Waals surface area contributed by atoms with E-state index in [4.69, 9.17) is 9.52 Å². The van der Waals surface area contributed by atoms with Crippen LogP contribution < -0.4 is 0 Å². The predicted octanol–water partition coefficient (Wildman–Crippen LogP) is 3.72. The van der Waals surface area contributed by atoms with Crippen LogP contribution in [0.15, 0.2) is 16.5 Å². The van der Waals surface area contributed by atoms with Gasteiger partial charge in [-0.25, -0.2) is 0 Å². The van der Waals surface area contributed by atoms with Crippen molar-refractivity contribution < 1.29 is 9.52 Å². The number of furan rings is 1. The number of hydrogen-bond donors (Lipinski definition) is 1. The first-order chi connectivity index (χ1) is 7.86. The summed E-state index contributed by atoms with van der Waals surface area (Å²) in [5, 5.41) is 8.66. The van der Waals surface area contributed by atoms with Gasteiger partial charge in [-0.05, 0) is 31.4 Å². The summed E-state index contributed by atoms with van der Waals surface area (Å²) in [7, 11) is 0. The second kappa shape index (κ2) is 8.40. The maximum absolute atomic E-state index is 8.66. The number of hydrogen-bond acceptors (Lipinski definition) is 2. The van der Waals surface area contributed by atoms with Crippen LogP contribution in [0.3, 0.4) is 0 Å². The SMILES string of the molecule is CCCCCc1ccc(CCCCCO)o1. The summed E-state index contributed by atoms with van der Waals surface area (Å²) < 4.78 is 5.75. The Morgan fingerprint density at radius 2 is 1.56 bits per heavy atom. The minimum absolute atomic E-state index is 0.306. The highest BCUT2D eigenvalue weighted by atomic mass is 16.3. The zero-order valence-corrected chi connectivity index (χ0v) is 10.4. The molecule has 0 unspecified atom stereocenters. The van der Waals surface area contributed by atoms with Crippen LogP contribution in [-0.2, 0) is 12.8 Å². The standard InChI is InChI=1S/C14H24O2/c1-2-3-5-8-13-10-11-14(16-13)9-6-4-7-12-15/h10-11,15H,2-9,12H2,1H3. The summed E-state index contributed by atoms with van der Waals surface area (Å²) in [6.45, 7) is 2.52. The molecule has 0 atom stereocenters. The summed E-state index contributed by atoms with van der Waals surface area (Å²) in [5.74, 6) is 2.23. The van der Waals surface area contributed by atoms with Crippen LogP contribution in [0.25, 0.3) is 0 Å². The molecule has 0 aliphatic rings. The molecule has 0 radical (unpaired) electrons. The third-order valence-corrected chi connectivity index (χ3v) is 2.83. The van der Waals surface area contributed by atoms with E-state index >= 15 is 0 Å². The monoisotopic (exact) mass is 224 g/mol. The third kappa shape index (κ3) is 5.36. The molecule has 1 heterocycles. The van der Waals surface area contributed by atoms with Crippen molar-refractivity contribution in [2.24, 2.45) is 0 Å². The molecular formula is C14H24O2. The lowest BCUT2D eigenvalue weighted by Gasteiger charge is -1.98. The van der Waals surface area contributed by atoms with Crippen molar-refractivity contribution in [3.63, 3.8) is 0 Å². The third-order valence-electron chi connectivity index (χ3n) is 2.83. The van der Waals surface area contributed by atoms with Crippen LogP contribution in [0.5, 0.6) is 0 Å². The molecule has 92 valence electrons. The highest BCUT2D eigenvalue weighted by Gasteiger charge is 2.01. The van der Waals surface area contributed by atoms with E-state index in [9.17, 15) is 0 Å². The Labute approximate surface area is 98.7 Å². The van der Waals surface area contributed by atoms with Crippen molar-refractivity contribution in [3.05, 3.63) is 23.7 Å². The van der Waals surface area contributed by atoms with E-state index in [0.29, 0.717) is 6.61 Å². The molecular weight excluding hydrogens is 200 g/mol. The first kappa shape index (κ1) is 13.3. The van der Waals surface area contributed by atoms with E-state index < -0.39 is 0 Å². The van der Waals surface area contributed by atoms with Gasteiger partial charge in [-0.2, -0.15) is 0 Å². The van der Waals surface area contributed by atoms with Crippen molar-refractivity contribution in [1.82, 2.24) is 0 Å². The lowest BCUT2D eigenvalue weighted by Crippen LogP contribution is -1.86. The zero-order chi connectivity index (χ0) is 11.6. The Kier molecular flexibility index (Phi) is 6.98. The average molecular weight is 224 g/mol. The van der Waals surface area contributed by atoms with Crippen molar-refractivity contribution >= 4 is 0 Å². The number of aliphatic hydroxyl groups excluding tert-OH is 1. The largest absolute Gasteiger partial charge is 0.466 e. The zero-order valence-electron chi connectivity index (χ0n) is 10.4. The van der Waals surface area contributed by atoms with Crippen LogP contribution in [-0.4, -0.2) is 11.7 Å². The second-order valence-corrected chi connectivity index (χ2v) is 4.36. The van der Waals surface area contributed by atoms with Gasteiger partial charge in [-0.15, -0.1) is 0 Å². The van der Waals surface area contributed by atoms with Crippen molar-refractivity contribution in [2.45, 2.75) is 58.3 Å². The number of aliphatic hydroxyl groups is 1. The number of unbranched alkanes of at least 4 members (excludes halogenated alkanes) is 4. The summed E-state index contributed by atoms with van der Waals surface area (Å²) in [5.41, 5.74) is 0. The first-order valence-corrected chi connectivity index (χ1v) is 6.55. The predicted molar refractivity (Wildman–Crippen MR) is 66.6 cm³/mol. The van der Waals surface area contributed by atoms with E-state index in [1.54, 1.807) is 0 Å². The van der Waals surface area contributed by atoms with Crippen LogP contribution in [0.4, 0.5) is 0 Å². The van der Waals surface area contributed by atoms with Gasteiger partial charge in [0.1, 0.15) is 11.5 Å². The maximum atomic E-state index is 8.66. The minimum atomic E-state index is 0.306. The summed E-state index contributed by atoms with van der Waals surface area (Å²) in [6, 6.07) is 4.21. The summed E-state index contributed by atoms with van der Waals surface area (Å²) in [6.07, 6.45) is 8.96. The summed E-state index contributed by atoms with van der Waals surface area (Å²) >= 11 is 0. The van der Waals surface area contributed by atoms with Gasteiger partial charge in [0.2, 0.25) is 0 Å². The molecule has 0 aliphatic carbocycles. The molecule has 1 N–H and O–H groups in total. The first-order valence-electron chi connectivity index (χ1n) is 6.55. The second-order valence-electron chi connectivity index (χ2n) is 4.36. The van der Waals surface area contributed by atoms with E-state index in [0.717, 1.165) is 43.6 Å². The van der Waals surface area contributed by atoms with Crippen molar-refractivity contribution in [2.75, 3.05) is 6.61 Å². The van der Waals surface area contributed by atoms with Crippen molar-refractivity contribution in [3.8, 4) is 0 Å². The smallest absolute Gasteiger partial charge is 0.104 e. The van der Waals surface area contributed by atoms with Crippen LogP contribution in [0, 0.1) is 0 Å². The lowest BCUT2D eigenvalue weighted by molar-refractivity contribution is 0.282. The van der Waals surface area contributed by atoms with Crippen LogP contribution in [0.1, 0.15) is 57.0 Å². The molecule has 0 aromatic carbocycles. The quantitative estimate of drug-likeness (QED) is 0.649. The van der Waals surface area contributed by atoms with Gasteiger partial charge in [0.25, 0.3) is 0 Å². The maximum Gasteiger partial charge on any atom is 0.104 e. The van der Waals surface area contributed by atoms with Gasteiger partial charge in [0.05, 0.1) is 0 Å². The fourth-order valence-electron chi connectivity index (χ4n) is 1.83. The van der Waals surface area contributed by atoms with E-state index in [1.807, 2.05) is 0 Å². The lowest BCUT2D eigenvalue weighted by atomic mass is 10.1. The Bertz CT molecular complexity index is 265. The molecule has 0 amide bonds. The average Bonchev–Trinajstić information content (AvgIpc) is 2.73. The molecule has 0 saturated carbocycles. The molecule has 0 fully saturated rings. The fourth-order valence-corrected chi connectivity index (χ4v) is 1.83. The molecule has 0 bridgehead atoms. The number of rotatable bonds is 9. The normalized spacial score (nSPS) is 10.9. The van der Waals surface area contributed by atoms with Gasteiger partial charge in [-0.1, -0.05) is 26.2 Å². The molecule has 0 spiro atoms. The summed E-state index contributed by atoms with van der Waals surface area (Å²) in [4.78, 5) is 0. The van der Waals surface area contributed by atoms with Gasteiger partial charge < -0.3 is 9.52 Å². The van der Waals surface area contributed by atoms with E-state index in [-0.39, 0.29) is 0 Å². The Morgan fingerprint density at radius 1 is 0.938 bits per heavy atom. The van der Waals surface area contributed by atoms with E-state index in [1.165, 1.54) is 19.3 Å². The fraction of sp³-hybridized carbons (Fsp3) is 0.714. The molecule has 1 aromatic heterocycles. The molecule has 2 nitrogen and oxygen atoms in total. The molecule has 0 aliphatic heterocycles.